The molecule has 4 heteroatoms. The van der Waals surface area contributed by atoms with Crippen LogP contribution in [0.3, 0.4) is 0 Å². The summed E-state index contributed by atoms with van der Waals surface area (Å²) < 4.78 is 5.65. The summed E-state index contributed by atoms with van der Waals surface area (Å²) in [6.07, 6.45) is 0. The highest BCUT2D eigenvalue weighted by Crippen LogP contribution is 2.30. The van der Waals surface area contributed by atoms with Gasteiger partial charge in [0.1, 0.15) is 12.6 Å². The van der Waals surface area contributed by atoms with E-state index in [1.807, 2.05) is 42.5 Å². The van der Waals surface area contributed by atoms with Crippen LogP contribution >= 0.6 is 23.2 Å². The normalized spacial score (nSPS) is 18.0. The molecule has 0 saturated heterocycles. The molecule has 2 aromatic carbocycles. The second-order valence-corrected chi connectivity index (χ2v) is 5.12. The zero-order valence-corrected chi connectivity index (χ0v) is 11.5. The Kier molecular flexibility index (Phi) is 3.45. The van der Waals surface area contributed by atoms with Gasteiger partial charge in [-0.25, -0.2) is 4.99 Å². The quantitative estimate of drug-likeness (QED) is 0.798. The highest BCUT2D eigenvalue weighted by Gasteiger charge is 2.22. The van der Waals surface area contributed by atoms with Crippen molar-refractivity contribution in [3.05, 3.63) is 69.7 Å². The van der Waals surface area contributed by atoms with Gasteiger partial charge >= 0.3 is 0 Å². The van der Waals surface area contributed by atoms with Crippen LogP contribution in [0.4, 0.5) is 0 Å². The average Bonchev–Trinajstić information content (AvgIpc) is 2.93. The minimum atomic E-state index is -0.0232. The third kappa shape index (κ3) is 2.60. The topological polar surface area (TPSA) is 21.6 Å². The van der Waals surface area contributed by atoms with Gasteiger partial charge in [-0.1, -0.05) is 47.5 Å². The van der Waals surface area contributed by atoms with E-state index in [9.17, 15) is 0 Å². The zero-order valence-electron chi connectivity index (χ0n) is 10.0. The summed E-state index contributed by atoms with van der Waals surface area (Å²) in [6, 6.07) is 15.4. The molecule has 2 aromatic rings. The van der Waals surface area contributed by atoms with E-state index < -0.39 is 0 Å². The zero-order chi connectivity index (χ0) is 13.2. The van der Waals surface area contributed by atoms with Gasteiger partial charge in [-0.2, -0.15) is 0 Å². The van der Waals surface area contributed by atoms with Crippen LogP contribution in [0, 0.1) is 0 Å². The maximum absolute atomic E-state index is 6.02. The van der Waals surface area contributed by atoms with E-state index in [4.69, 9.17) is 27.9 Å². The Hall–Kier alpha value is -1.51. The lowest BCUT2D eigenvalue weighted by Gasteiger charge is -2.06. The number of hydrogen-bond donors (Lipinski definition) is 0. The molecule has 0 bridgehead atoms. The summed E-state index contributed by atoms with van der Waals surface area (Å²) in [7, 11) is 0. The first-order chi connectivity index (χ1) is 9.24. The number of aliphatic imine (C=N–C) groups is 1. The van der Waals surface area contributed by atoms with Crippen LogP contribution in [0.5, 0.6) is 0 Å². The molecule has 96 valence electrons. The summed E-state index contributed by atoms with van der Waals surface area (Å²) >= 11 is 11.9. The number of benzene rings is 2. The summed E-state index contributed by atoms with van der Waals surface area (Å²) in [4.78, 5) is 4.59. The largest absolute Gasteiger partial charge is 0.475 e. The second kappa shape index (κ2) is 5.24. The van der Waals surface area contributed by atoms with E-state index >= 15 is 0 Å². The number of halogens is 2. The van der Waals surface area contributed by atoms with Gasteiger partial charge in [0.05, 0.1) is 10.0 Å². The Morgan fingerprint density at radius 3 is 2.53 bits per heavy atom. The molecule has 0 spiro atoms. The van der Waals surface area contributed by atoms with Crippen LogP contribution in [0.25, 0.3) is 0 Å². The Balaban J connectivity index is 1.88. The summed E-state index contributed by atoms with van der Waals surface area (Å²) in [5.41, 5.74) is 2.00. The maximum Gasteiger partial charge on any atom is 0.216 e. The highest BCUT2D eigenvalue weighted by molar-refractivity contribution is 6.42. The van der Waals surface area contributed by atoms with E-state index in [2.05, 4.69) is 4.99 Å². The fourth-order valence-electron chi connectivity index (χ4n) is 2.00. The third-order valence-corrected chi connectivity index (χ3v) is 3.74. The second-order valence-electron chi connectivity index (χ2n) is 4.30. The van der Waals surface area contributed by atoms with Crippen molar-refractivity contribution >= 4 is 29.1 Å². The Labute approximate surface area is 121 Å². The standard InChI is InChI=1S/C15H11Cl2NO/c16-12-7-6-11(8-13(12)17)14-9-19-15(18-14)10-4-2-1-3-5-10/h1-8,14H,9H2/t14-/m0/s1. The molecular formula is C15H11Cl2NO. The molecular weight excluding hydrogens is 281 g/mol. The summed E-state index contributed by atoms with van der Waals surface area (Å²) in [5, 5.41) is 1.10. The van der Waals surface area contributed by atoms with E-state index in [0.29, 0.717) is 22.5 Å². The number of rotatable bonds is 2. The minimum Gasteiger partial charge on any atom is -0.475 e. The van der Waals surface area contributed by atoms with Crippen molar-refractivity contribution in [2.24, 2.45) is 4.99 Å². The molecule has 0 aliphatic carbocycles. The molecule has 0 fully saturated rings. The molecule has 2 nitrogen and oxygen atoms in total. The van der Waals surface area contributed by atoms with Crippen LogP contribution in [-0.2, 0) is 4.74 Å². The van der Waals surface area contributed by atoms with E-state index in [0.717, 1.165) is 11.1 Å². The first kappa shape index (κ1) is 12.5. The van der Waals surface area contributed by atoms with Crippen LogP contribution in [0.2, 0.25) is 10.0 Å². The van der Waals surface area contributed by atoms with Crippen LogP contribution in [0.1, 0.15) is 17.2 Å². The van der Waals surface area contributed by atoms with Crippen LogP contribution < -0.4 is 0 Å². The minimum absolute atomic E-state index is 0.0232. The van der Waals surface area contributed by atoms with Crippen molar-refractivity contribution < 1.29 is 4.74 Å². The molecule has 0 amide bonds. The van der Waals surface area contributed by atoms with Crippen molar-refractivity contribution in [1.82, 2.24) is 0 Å². The van der Waals surface area contributed by atoms with E-state index in [-0.39, 0.29) is 6.04 Å². The predicted octanol–water partition coefficient (Wildman–Crippen LogP) is 4.51. The molecule has 0 unspecified atom stereocenters. The van der Waals surface area contributed by atoms with E-state index in [1.54, 1.807) is 6.07 Å². The fraction of sp³-hybridized carbons (Fsp3) is 0.133. The first-order valence-electron chi connectivity index (χ1n) is 5.95. The highest BCUT2D eigenvalue weighted by atomic mass is 35.5. The molecule has 0 saturated carbocycles. The molecule has 19 heavy (non-hydrogen) atoms. The fourth-order valence-corrected chi connectivity index (χ4v) is 2.31. The van der Waals surface area contributed by atoms with Gasteiger partial charge in [-0.3, -0.25) is 0 Å². The van der Waals surface area contributed by atoms with E-state index in [1.165, 1.54) is 0 Å². The Morgan fingerprint density at radius 2 is 1.79 bits per heavy atom. The SMILES string of the molecule is Clc1ccc([C@@H]2COC(c3ccccc3)=N2)cc1Cl. The monoisotopic (exact) mass is 291 g/mol. The van der Waals surface area contributed by atoms with Gasteiger partial charge < -0.3 is 4.74 Å². The Morgan fingerprint density at radius 1 is 1.00 bits per heavy atom. The molecule has 1 aliphatic heterocycles. The van der Waals surface area contributed by atoms with Gasteiger partial charge in [0.25, 0.3) is 0 Å². The van der Waals surface area contributed by atoms with Crippen molar-refractivity contribution in [3.63, 3.8) is 0 Å². The molecule has 1 aliphatic rings. The van der Waals surface area contributed by atoms with Gasteiger partial charge in [0.2, 0.25) is 5.90 Å². The third-order valence-electron chi connectivity index (χ3n) is 3.00. The van der Waals surface area contributed by atoms with Gasteiger partial charge in [0.15, 0.2) is 0 Å². The van der Waals surface area contributed by atoms with Crippen molar-refractivity contribution in [2.75, 3.05) is 6.61 Å². The lowest BCUT2D eigenvalue weighted by molar-refractivity contribution is 0.320. The molecule has 0 N–H and O–H groups in total. The van der Waals surface area contributed by atoms with Crippen molar-refractivity contribution in [3.8, 4) is 0 Å². The van der Waals surface area contributed by atoms with Gasteiger partial charge in [-0.05, 0) is 29.8 Å². The first-order valence-corrected chi connectivity index (χ1v) is 6.70. The number of nitrogens with zero attached hydrogens (tertiary/aromatic N) is 1. The molecule has 0 radical (unpaired) electrons. The Bertz CT molecular complexity index is 625. The lowest BCUT2D eigenvalue weighted by atomic mass is 10.1. The predicted molar refractivity (Wildman–Crippen MR) is 78.1 cm³/mol. The van der Waals surface area contributed by atoms with Crippen molar-refractivity contribution in [2.45, 2.75) is 6.04 Å². The lowest BCUT2D eigenvalue weighted by Crippen LogP contribution is -2.00. The van der Waals surface area contributed by atoms with Crippen LogP contribution in [-0.4, -0.2) is 12.5 Å². The maximum atomic E-state index is 6.02. The molecule has 3 rings (SSSR count). The summed E-state index contributed by atoms with van der Waals surface area (Å²) in [5.74, 6) is 0.677. The smallest absolute Gasteiger partial charge is 0.216 e. The van der Waals surface area contributed by atoms with Crippen LogP contribution in [0.15, 0.2) is 53.5 Å². The van der Waals surface area contributed by atoms with Crippen molar-refractivity contribution in [1.29, 1.82) is 0 Å². The van der Waals surface area contributed by atoms with Gasteiger partial charge in [-0.15, -0.1) is 0 Å². The van der Waals surface area contributed by atoms with Gasteiger partial charge in [0, 0.05) is 5.56 Å². The molecule has 1 atom stereocenters. The number of hydrogen-bond acceptors (Lipinski definition) is 2. The summed E-state index contributed by atoms with van der Waals surface area (Å²) in [6.45, 7) is 0.530. The molecule has 1 heterocycles. The number of ether oxygens (including phenoxy) is 1. The molecule has 0 aromatic heterocycles. The average molecular weight is 292 g/mol.